The van der Waals surface area contributed by atoms with E-state index in [4.69, 9.17) is 0 Å². The fourth-order valence-corrected chi connectivity index (χ4v) is 5.68. The van der Waals surface area contributed by atoms with E-state index in [1.165, 1.54) is 64.4 Å². The standard InChI is InChI=1S/C25H36F2O/c1-3-4-5-6-18-7-9-19(10-8-18)20-11-13-21(14-12-20)23-16-15-22(17(2)28)24(26)25(23)27/h15-16,18-21H,3-14H2,1-2H3. The van der Waals surface area contributed by atoms with E-state index in [1.54, 1.807) is 6.07 Å². The summed E-state index contributed by atoms with van der Waals surface area (Å²) in [4.78, 5) is 11.4. The van der Waals surface area contributed by atoms with Crippen LogP contribution in [0, 0.1) is 29.4 Å². The zero-order chi connectivity index (χ0) is 20.1. The molecule has 1 aromatic carbocycles. The van der Waals surface area contributed by atoms with Gasteiger partial charge in [-0.2, -0.15) is 0 Å². The number of hydrogen-bond acceptors (Lipinski definition) is 1. The molecule has 1 aromatic rings. The monoisotopic (exact) mass is 390 g/mol. The quantitative estimate of drug-likeness (QED) is 0.342. The van der Waals surface area contributed by atoms with Crippen molar-refractivity contribution in [2.45, 2.75) is 96.8 Å². The average molecular weight is 391 g/mol. The molecule has 0 unspecified atom stereocenters. The first-order valence-electron chi connectivity index (χ1n) is 11.5. The summed E-state index contributed by atoms with van der Waals surface area (Å²) < 4.78 is 28.7. The number of benzene rings is 1. The Labute approximate surface area is 169 Å². The van der Waals surface area contributed by atoms with Crippen LogP contribution in [0.25, 0.3) is 0 Å². The number of carbonyl (C=O) groups excluding carboxylic acids is 1. The Bertz CT molecular complexity index is 653. The summed E-state index contributed by atoms with van der Waals surface area (Å²) in [5, 5.41) is 0. The van der Waals surface area contributed by atoms with Crippen LogP contribution < -0.4 is 0 Å². The lowest BCUT2D eigenvalue weighted by Gasteiger charge is -2.38. The maximum Gasteiger partial charge on any atom is 0.169 e. The molecule has 0 radical (unpaired) electrons. The summed E-state index contributed by atoms with van der Waals surface area (Å²) in [5.74, 6) is 0.449. The highest BCUT2D eigenvalue weighted by Crippen LogP contribution is 2.45. The van der Waals surface area contributed by atoms with E-state index in [0.717, 1.165) is 43.4 Å². The van der Waals surface area contributed by atoms with E-state index in [2.05, 4.69) is 6.92 Å². The number of halogens is 2. The molecule has 0 spiro atoms. The first kappa shape index (κ1) is 21.5. The number of carbonyl (C=O) groups is 1. The van der Waals surface area contributed by atoms with Crippen molar-refractivity contribution in [2.24, 2.45) is 17.8 Å². The fraction of sp³-hybridized carbons (Fsp3) is 0.720. The van der Waals surface area contributed by atoms with E-state index >= 15 is 0 Å². The topological polar surface area (TPSA) is 17.1 Å². The summed E-state index contributed by atoms with van der Waals surface area (Å²) in [7, 11) is 0. The summed E-state index contributed by atoms with van der Waals surface area (Å²) in [6, 6.07) is 3.10. The zero-order valence-electron chi connectivity index (χ0n) is 17.6. The highest BCUT2D eigenvalue weighted by atomic mass is 19.2. The molecule has 0 amide bonds. The van der Waals surface area contributed by atoms with Crippen LogP contribution >= 0.6 is 0 Å². The van der Waals surface area contributed by atoms with Gasteiger partial charge in [-0.1, -0.05) is 51.5 Å². The molecular formula is C25H36F2O. The molecule has 2 aliphatic carbocycles. The third kappa shape index (κ3) is 5.02. The van der Waals surface area contributed by atoms with Crippen LogP contribution in [0.2, 0.25) is 0 Å². The molecule has 2 saturated carbocycles. The van der Waals surface area contributed by atoms with Gasteiger partial charge in [0.15, 0.2) is 17.4 Å². The van der Waals surface area contributed by atoms with Gasteiger partial charge in [-0.05, 0) is 80.8 Å². The second-order valence-electron chi connectivity index (χ2n) is 9.27. The van der Waals surface area contributed by atoms with Crippen LogP contribution in [0.4, 0.5) is 8.78 Å². The second-order valence-corrected chi connectivity index (χ2v) is 9.27. The van der Waals surface area contributed by atoms with Crippen molar-refractivity contribution in [1.82, 2.24) is 0 Å². The van der Waals surface area contributed by atoms with Crippen LogP contribution in [-0.2, 0) is 0 Å². The lowest BCUT2D eigenvalue weighted by atomic mass is 9.68. The molecule has 0 atom stereocenters. The molecule has 156 valence electrons. The predicted octanol–water partition coefficient (Wildman–Crippen LogP) is 7.83. The van der Waals surface area contributed by atoms with Gasteiger partial charge in [-0.15, -0.1) is 0 Å². The number of hydrogen-bond donors (Lipinski definition) is 0. The van der Waals surface area contributed by atoms with Crippen LogP contribution in [0.1, 0.15) is 113 Å². The molecule has 0 bridgehead atoms. The highest BCUT2D eigenvalue weighted by Gasteiger charge is 2.32. The van der Waals surface area contributed by atoms with Crippen LogP contribution in [-0.4, -0.2) is 5.78 Å². The molecule has 0 aliphatic heterocycles. The van der Waals surface area contributed by atoms with Crippen molar-refractivity contribution in [3.8, 4) is 0 Å². The first-order chi connectivity index (χ1) is 13.5. The van der Waals surface area contributed by atoms with Crippen molar-refractivity contribution in [2.75, 3.05) is 0 Å². The Hall–Kier alpha value is -1.25. The van der Waals surface area contributed by atoms with Gasteiger partial charge < -0.3 is 0 Å². The summed E-state index contributed by atoms with van der Waals surface area (Å²) >= 11 is 0. The second kappa shape index (κ2) is 9.98. The SMILES string of the molecule is CCCCCC1CCC(C2CCC(c3ccc(C(C)=O)c(F)c3F)CC2)CC1. The Balaban J connectivity index is 1.50. The minimum Gasteiger partial charge on any atom is -0.294 e. The molecule has 2 aliphatic rings. The number of rotatable bonds is 7. The predicted molar refractivity (Wildman–Crippen MR) is 111 cm³/mol. The first-order valence-corrected chi connectivity index (χ1v) is 11.5. The molecule has 28 heavy (non-hydrogen) atoms. The van der Waals surface area contributed by atoms with Gasteiger partial charge in [0.05, 0.1) is 5.56 Å². The summed E-state index contributed by atoms with van der Waals surface area (Å²) in [5.41, 5.74) is 0.339. The molecule has 0 heterocycles. The van der Waals surface area contributed by atoms with Crippen molar-refractivity contribution >= 4 is 5.78 Å². The summed E-state index contributed by atoms with van der Waals surface area (Å²) in [6.07, 6.45) is 15.1. The lowest BCUT2D eigenvalue weighted by Crippen LogP contribution is -2.25. The third-order valence-electron chi connectivity index (χ3n) is 7.48. The van der Waals surface area contributed by atoms with Gasteiger partial charge in [0.2, 0.25) is 0 Å². The lowest BCUT2D eigenvalue weighted by molar-refractivity contribution is 0.101. The zero-order valence-corrected chi connectivity index (χ0v) is 17.6. The van der Waals surface area contributed by atoms with E-state index in [-0.39, 0.29) is 11.5 Å². The van der Waals surface area contributed by atoms with Crippen molar-refractivity contribution in [3.63, 3.8) is 0 Å². The maximum absolute atomic E-state index is 14.5. The molecule has 2 fully saturated rings. The Morgan fingerprint density at radius 3 is 2.07 bits per heavy atom. The van der Waals surface area contributed by atoms with Crippen LogP contribution in [0.3, 0.4) is 0 Å². The minimum absolute atomic E-state index is 0.0946. The molecule has 0 saturated heterocycles. The maximum atomic E-state index is 14.5. The largest absolute Gasteiger partial charge is 0.294 e. The minimum atomic E-state index is -0.964. The smallest absolute Gasteiger partial charge is 0.169 e. The molecule has 3 rings (SSSR count). The van der Waals surface area contributed by atoms with Crippen molar-refractivity contribution in [1.29, 1.82) is 0 Å². The van der Waals surface area contributed by atoms with Gasteiger partial charge in [-0.25, -0.2) is 8.78 Å². The van der Waals surface area contributed by atoms with E-state index in [0.29, 0.717) is 5.56 Å². The molecular weight excluding hydrogens is 354 g/mol. The summed E-state index contributed by atoms with van der Waals surface area (Å²) in [6.45, 7) is 3.55. The highest BCUT2D eigenvalue weighted by molar-refractivity contribution is 5.94. The van der Waals surface area contributed by atoms with E-state index in [1.807, 2.05) is 0 Å². The van der Waals surface area contributed by atoms with Crippen LogP contribution in [0.15, 0.2) is 12.1 Å². The van der Waals surface area contributed by atoms with Gasteiger partial charge in [0.25, 0.3) is 0 Å². The van der Waals surface area contributed by atoms with Gasteiger partial charge in [-0.3, -0.25) is 4.79 Å². The average Bonchev–Trinajstić information content (AvgIpc) is 2.71. The Morgan fingerprint density at radius 2 is 1.50 bits per heavy atom. The van der Waals surface area contributed by atoms with E-state index < -0.39 is 17.4 Å². The fourth-order valence-electron chi connectivity index (χ4n) is 5.68. The van der Waals surface area contributed by atoms with Gasteiger partial charge >= 0.3 is 0 Å². The number of Topliss-reactive ketones (excluding diaryl/α,β-unsaturated/α-hetero) is 1. The molecule has 0 N–H and O–H groups in total. The van der Waals surface area contributed by atoms with E-state index in [9.17, 15) is 13.6 Å². The van der Waals surface area contributed by atoms with Crippen molar-refractivity contribution in [3.05, 3.63) is 34.9 Å². The Morgan fingerprint density at radius 1 is 0.893 bits per heavy atom. The van der Waals surface area contributed by atoms with Crippen molar-refractivity contribution < 1.29 is 13.6 Å². The number of ketones is 1. The normalized spacial score (nSPS) is 28.3. The molecule has 3 heteroatoms. The van der Waals surface area contributed by atoms with Gasteiger partial charge in [0, 0.05) is 0 Å². The molecule has 1 nitrogen and oxygen atoms in total. The Kier molecular flexibility index (Phi) is 7.65. The molecule has 0 aromatic heterocycles. The van der Waals surface area contributed by atoms with Crippen LogP contribution in [0.5, 0.6) is 0 Å². The number of unbranched alkanes of at least 4 members (excludes halogenated alkanes) is 2. The third-order valence-corrected chi connectivity index (χ3v) is 7.48. The van der Waals surface area contributed by atoms with Gasteiger partial charge in [0.1, 0.15) is 0 Å².